The van der Waals surface area contributed by atoms with Crippen molar-refractivity contribution in [3.63, 3.8) is 0 Å². The van der Waals surface area contributed by atoms with Gasteiger partial charge in [-0.2, -0.15) is 0 Å². The second kappa shape index (κ2) is 3.38. The minimum atomic E-state index is -0.642. The number of nitrogens with zero attached hydrogens (tertiary/aromatic N) is 3. The summed E-state index contributed by atoms with van der Waals surface area (Å²) in [6, 6.07) is 1.46. The maximum atomic E-state index is 10.9. The number of rotatable bonds is 1. The van der Waals surface area contributed by atoms with Gasteiger partial charge < -0.3 is 0 Å². The van der Waals surface area contributed by atoms with E-state index in [1.54, 1.807) is 0 Å². The van der Waals surface area contributed by atoms with Crippen molar-refractivity contribution in [2.45, 2.75) is 0 Å². The van der Waals surface area contributed by atoms with E-state index >= 15 is 0 Å². The van der Waals surface area contributed by atoms with Crippen LogP contribution in [0.15, 0.2) is 12.3 Å². The second-order valence-corrected chi connectivity index (χ2v) is 3.54. The number of aromatic nitrogens is 3. The fourth-order valence-corrected chi connectivity index (χ4v) is 1.71. The number of pyridine rings is 1. The third-order valence-corrected chi connectivity index (χ3v) is 2.52. The number of fused-ring (bicyclic) bond motifs is 1. The van der Waals surface area contributed by atoms with Crippen molar-refractivity contribution in [3.8, 4) is 0 Å². The smallest absolute Gasteiger partial charge is 0.254 e. The van der Waals surface area contributed by atoms with Gasteiger partial charge in [-0.3, -0.25) is 9.20 Å². The first-order valence-electron chi connectivity index (χ1n) is 3.50. The van der Waals surface area contributed by atoms with Gasteiger partial charge in [-0.05, 0) is 29.3 Å². The predicted molar refractivity (Wildman–Crippen MR) is 53.2 cm³/mol. The fourth-order valence-electron chi connectivity index (χ4n) is 1.05. The lowest BCUT2D eigenvalue weighted by Gasteiger charge is -1.99. The summed E-state index contributed by atoms with van der Waals surface area (Å²) in [5.41, 5.74) is 0.494. The third kappa shape index (κ3) is 1.35. The van der Waals surface area contributed by atoms with Crippen molar-refractivity contribution in [3.05, 3.63) is 28.1 Å². The molecule has 2 heterocycles. The molecule has 7 heteroatoms. The van der Waals surface area contributed by atoms with Crippen LogP contribution in [0.2, 0.25) is 10.3 Å². The van der Waals surface area contributed by atoms with Gasteiger partial charge >= 0.3 is 0 Å². The fraction of sp³-hybridized carbons (Fsp3) is 0. The van der Waals surface area contributed by atoms with Crippen LogP contribution in [-0.2, 0) is 0 Å². The van der Waals surface area contributed by atoms with Gasteiger partial charge in [0.05, 0.1) is 10.6 Å². The van der Waals surface area contributed by atoms with E-state index in [1.165, 1.54) is 16.7 Å². The molecular formula is C7H2Cl3N3O. The molecule has 0 aromatic carbocycles. The van der Waals surface area contributed by atoms with E-state index < -0.39 is 5.24 Å². The minimum absolute atomic E-state index is 0.145. The maximum absolute atomic E-state index is 10.9. The highest BCUT2D eigenvalue weighted by Crippen LogP contribution is 2.23. The summed E-state index contributed by atoms with van der Waals surface area (Å²) in [5, 5.41) is 6.98. The summed E-state index contributed by atoms with van der Waals surface area (Å²) < 4.78 is 1.45. The Hall–Kier alpha value is -0.840. The van der Waals surface area contributed by atoms with Crippen LogP contribution in [0.25, 0.3) is 5.65 Å². The molecule has 0 N–H and O–H groups in total. The quantitative estimate of drug-likeness (QED) is 0.730. The molecule has 0 spiro atoms. The second-order valence-electron chi connectivity index (χ2n) is 2.48. The molecule has 0 aliphatic rings. The van der Waals surface area contributed by atoms with Crippen molar-refractivity contribution in [1.82, 2.24) is 14.6 Å². The highest BCUT2D eigenvalue weighted by Gasteiger charge is 2.14. The molecule has 0 radical (unpaired) electrons. The van der Waals surface area contributed by atoms with Crippen LogP contribution in [0, 0.1) is 0 Å². The summed E-state index contributed by atoms with van der Waals surface area (Å²) in [4.78, 5) is 10.9. The van der Waals surface area contributed by atoms with Crippen LogP contribution in [0.4, 0.5) is 0 Å². The van der Waals surface area contributed by atoms with E-state index in [2.05, 4.69) is 10.2 Å². The van der Waals surface area contributed by atoms with Crippen LogP contribution in [0.1, 0.15) is 10.4 Å². The first-order valence-corrected chi connectivity index (χ1v) is 4.63. The first kappa shape index (κ1) is 9.71. The van der Waals surface area contributed by atoms with Crippen LogP contribution >= 0.6 is 34.8 Å². The highest BCUT2D eigenvalue weighted by atomic mass is 35.5. The van der Waals surface area contributed by atoms with E-state index in [9.17, 15) is 4.79 Å². The molecular weight excluding hydrogens is 248 g/mol. The van der Waals surface area contributed by atoms with E-state index in [0.717, 1.165) is 0 Å². The average Bonchev–Trinajstić information content (AvgIpc) is 2.49. The predicted octanol–water partition coefficient (Wildman–Crippen LogP) is 2.42. The molecule has 14 heavy (non-hydrogen) atoms. The Labute approximate surface area is 93.4 Å². The van der Waals surface area contributed by atoms with E-state index in [1.807, 2.05) is 0 Å². The molecule has 2 aromatic heterocycles. The van der Waals surface area contributed by atoms with Gasteiger partial charge in [0, 0.05) is 6.20 Å². The molecule has 0 atom stereocenters. The lowest BCUT2D eigenvalue weighted by molar-refractivity contribution is 0.108. The zero-order valence-corrected chi connectivity index (χ0v) is 8.81. The van der Waals surface area contributed by atoms with Crippen molar-refractivity contribution < 1.29 is 4.79 Å². The van der Waals surface area contributed by atoms with Gasteiger partial charge in [0.1, 0.15) is 0 Å². The Bertz CT molecular complexity index is 522. The summed E-state index contributed by atoms with van der Waals surface area (Å²) >= 11 is 16.9. The van der Waals surface area contributed by atoms with Gasteiger partial charge in [0.15, 0.2) is 5.65 Å². The Balaban J connectivity index is 2.82. The Morgan fingerprint density at radius 3 is 2.71 bits per heavy atom. The highest BCUT2D eigenvalue weighted by molar-refractivity contribution is 6.69. The summed E-state index contributed by atoms with van der Waals surface area (Å²) in [5.74, 6) is 0. The molecule has 0 saturated carbocycles. The summed E-state index contributed by atoms with van der Waals surface area (Å²) in [7, 11) is 0. The molecule has 2 aromatic rings. The normalized spacial score (nSPS) is 10.8. The number of halogens is 3. The van der Waals surface area contributed by atoms with E-state index in [-0.39, 0.29) is 15.9 Å². The number of hydrogen-bond acceptors (Lipinski definition) is 3. The summed E-state index contributed by atoms with van der Waals surface area (Å²) in [6.07, 6.45) is 1.53. The van der Waals surface area contributed by atoms with Gasteiger partial charge in [-0.15, -0.1) is 10.2 Å². The van der Waals surface area contributed by atoms with Gasteiger partial charge in [0.25, 0.3) is 5.24 Å². The lowest BCUT2D eigenvalue weighted by Crippen LogP contribution is -1.94. The monoisotopic (exact) mass is 249 g/mol. The van der Waals surface area contributed by atoms with Crippen molar-refractivity contribution in [2.24, 2.45) is 0 Å². The zero-order valence-electron chi connectivity index (χ0n) is 6.54. The first-order chi connectivity index (χ1) is 6.61. The Kier molecular flexibility index (Phi) is 2.34. The molecule has 0 saturated heterocycles. The molecule has 0 bridgehead atoms. The standard InChI is InChI=1S/C7H2Cl3N3O/c8-4-3(5(9)14)1-2-13-6(4)11-12-7(13)10/h1-2H. The maximum Gasteiger partial charge on any atom is 0.254 e. The molecule has 0 amide bonds. The lowest BCUT2D eigenvalue weighted by atomic mass is 10.3. The number of carbonyl (C=O) groups is 1. The van der Waals surface area contributed by atoms with Crippen LogP contribution in [0.3, 0.4) is 0 Å². The SMILES string of the molecule is O=C(Cl)c1ccn2c(Cl)nnc2c1Cl. The Morgan fingerprint density at radius 2 is 2.07 bits per heavy atom. The average molecular weight is 250 g/mol. The van der Waals surface area contributed by atoms with Crippen LogP contribution in [-0.4, -0.2) is 19.8 Å². The largest absolute Gasteiger partial charge is 0.276 e. The zero-order chi connectivity index (χ0) is 10.3. The molecule has 0 aliphatic carbocycles. The van der Waals surface area contributed by atoms with Gasteiger partial charge in [-0.25, -0.2) is 0 Å². The van der Waals surface area contributed by atoms with E-state index in [0.29, 0.717) is 5.65 Å². The molecule has 72 valence electrons. The number of carbonyl (C=O) groups excluding carboxylic acids is 1. The van der Waals surface area contributed by atoms with Crippen molar-refractivity contribution >= 4 is 45.7 Å². The Morgan fingerprint density at radius 1 is 1.36 bits per heavy atom. The van der Waals surface area contributed by atoms with Gasteiger partial charge in [0.2, 0.25) is 5.28 Å². The van der Waals surface area contributed by atoms with Crippen LogP contribution < -0.4 is 0 Å². The molecule has 2 rings (SSSR count). The van der Waals surface area contributed by atoms with Crippen molar-refractivity contribution in [2.75, 3.05) is 0 Å². The topological polar surface area (TPSA) is 47.3 Å². The van der Waals surface area contributed by atoms with Crippen molar-refractivity contribution in [1.29, 1.82) is 0 Å². The molecule has 0 fully saturated rings. The minimum Gasteiger partial charge on any atom is -0.276 e. The molecule has 0 unspecified atom stereocenters. The molecule has 0 aliphatic heterocycles. The van der Waals surface area contributed by atoms with Crippen LogP contribution in [0.5, 0.6) is 0 Å². The van der Waals surface area contributed by atoms with Gasteiger partial charge in [-0.1, -0.05) is 11.6 Å². The molecule has 4 nitrogen and oxygen atoms in total. The summed E-state index contributed by atoms with van der Waals surface area (Å²) in [6.45, 7) is 0. The number of hydrogen-bond donors (Lipinski definition) is 0. The van der Waals surface area contributed by atoms with E-state index in [4.69, 9.17) is 34.8 Å². The third-order valence-electron chi connectivity index (χ3n) is 1.69.